The molecule has 1 heterocycles. The molecule has 1 aromatic carbocycles. The SMILES string of the molecule is CNC(=O)Cn1ccnc1-c1cccc(N)c1. The number of nitrogen functional groups attached to an aromatic ring is 1. The number of nitrogens with one attached hydrogen (secondary N) is 1. The highest BCUT2D eigenvalue weighted by Crippen LogP contribution is 2.19. The lowest BCUT2D eigenvalue weighted by Crippen LogP contribution is -2.23. The molecule has 1 aromatic heterocycles. The molecule has 17 heavy (non-hydrogen) atoms. The zero-order valence-corrected chi connectivity index (χ0v) is 9.55. The largest absolute Gasteiger partial charge is 0.399 e. The van der Waals surface area contributed by atoms with Crippen LogP contribution >= 0.6 is 0 Å². The first-order valence-electron chi connectivity index (χ1n) is 5.28. The Morgan fingerprint density at radius 3 is 3.06 bits per heavy atom. The van der Waals surface area contributed by atoms with Gasteiger partial charge in [-0.25, -0.2) is 4.98 Å². The smallest absolute Gasteiger partial charge is 0.239 e. The fourth-order valence-corrected chi connectivity index (χ4v) is 1.61. The van der Waals surface area contributed by atoms with Gasteiger partial charge in [-0.05, 0) is 12.1 Å². The van der Waals surface area contributed by atoms with Gasteiger partial charge in [-0.15, -0.1) is 0 Å². The molecule has 1 amide bonds. The fraction of sp³-hybridized carbons (Fsp3) is 0.167. The van der Waals surface area contributed by atoms with Crippen molar-refractivity contribution in [3.63, 3.8) is 0 Å². The molecule has 2 rings (SSSR count). The van der Waals surface area contributed by atoms with Gasteiger partial charge in [-0.1, -0.05) is 12.1 Å². The lowest BCUT2D eigenvalue weighted by molar-refractivity contribution is -0.121. The topological polar surface area (TPSA) is 72.9 Å². The van der Waals surface area contributed by atoms with Crippen molar-refractivity contribution in [2.45, 2.75) is 6.54 Å². The molecule has 0 radical (unpaired) electrons. The lowest BCUT2D eigenvalue weighted by atomic mass is 10.2. The number of hydrogen-bond acceptors (Lipinski definition) is 3. The number of carbonyl (C=O) groups excluding carboxylic acids is 1. The summed E-state index contributed by atoms with van der Waals surface area (Å²) in [6.45, 7) is 0.251. The maximum absolute atomic E-state index is 11.3. The van der Waals surface area contributed by atoms with Gasteiger partial charge in [0, 0.05) is 30.7 Å². The normalized spacial score (nSPS) is 10.2. The first-order chi connectivity index (χ1) is 8.20. The second-order valence-corrected chi connectivity index (χ2v) is 3.68. The lowest BCUT2D eigenvalue weighted by Gasteiger charge is -2.07. The maximum atomic E-state index is 11.3. The van der Waals surface area contributed by atoms with Crippen molar-refractivity contribution in [3.8, 4) is 11.4 Å². The van der Waals surface area contributed by atoms with E-state index >= 15 is 0 Å². The molecule has 0 bridgehead atoms. The van der Waals surface area contributed by atoms with Gasteiger partial charge in [0.2, 0.25) is 5.91 Å². The summed E-state index contributed by atoms with van der Waals surface area (Å²) in [5, 5.41) is 2.58. The number of likely N-dealkylation sites (N-methyl/N-ethyl adjacent to an activating group) is 1. The van der Waals surface area contributed by atoms with Crippen LogP contribution in [0.3, 0.4) is 0 Å². The van der Waals surface area contributed by atoms with Crippen LogP contribution < -0.4 is 11.1 Å². The molecule has 0 unspecified atom stereocenters. The van der Waals surface area contributed by atoms with E-state index in [1.54, 1.807) is 24.0 Å². The van der Waals surface area contributed by atoms with Gasteiger partial charge in [0.25, 0.3) is 0 Å². The van der Waals surface area contributed by atoms with Crippen LogP contribution in [-0.2, 0) is 11.3 Å². The Bertz CT molecular complexity index is 533. The molecule has 0 aliphatic heterocycles. The maximum Gasteiger partial charge on any atom is 0.239 e. The Morgan fingerprint density at radius 2 is 2.35 bits per heavy atom. The first kappa shape index (κ1) is 11.2. The molecule has 5 heteroatoms. The zero-order chi connectivity index (χ0) is 12.3. The molecule has 5 nitrogen and oxygen atoms in total. The zero-order valence-electron chi connectivity index (χ0n) is 9.55. The van der Waals surface area contributed by atoms with Gasteiger partial charge in [0.15, 0.2) is 0 Å². The van der Waals surface area contributed by atoms with Crippen molar-refractivity contribution >= 4 is 11.6 Å². The summed E-state index contributed by atoms with van der Waals surface area (Å²) in [5.41, 5.74) is 7.31. The van der Waals surface area contributed by atoms with Crippen LogP contribution in [0.15, 0.2) is 36.7 Å². The van der Waals surface area contributed by atoms with E-state index < -0.39 is 0 Å². The van der Waals surface area contributed by atoms with Crippen LogP contribution in [0.25, 0.3) is 11.4 Å². The number of amides is 1. The van der Waals surface area contributed by atoms with Crippen molar-refractivity contribution < 1.29 is 4.79 Å². The number of rotatable bonds is 3. The minimum Gasteiger partial charge on any atom is -0.399 e. The Labute approximate surface area is 99.3 Å². The van der Waals surface area contributed by atoms with Crippen molar-refractivity contribution in [1.29, 1.82) is 0 Å². The molecule has 0 aliphatic carbocycles. The molecular weight excluding hydrogens is 216 g/mol. The van der Waals surface area contributed by atoms with E-state index in [0.29, 0.717) is 5.69 Å². The monoisotopic (exact) mass is 230 g/mol. The van der Waals surface area contributed by atoms with E-state index in [1.165, 1.54) is 0 Å². The second-order valence-electron chi connectivity index (χ2n) is 3.68. The number of benzene rings is 1. The van der Waals surface area contributed by atoms with Gasteiger partial charge in [0.1, 0.15) is 12.4 Å². The summed E-state index contributed by atoms with van der Waals surface area (Å²) in [5.74, 6) is 0.675. The molecule has 0 spiro atoms. The van der Waals surface area contributed by atoms with E-state index in [0.717, 1.165) is 11.4 Å². The third-order valence-electron chi connectivity index (χ3n) is 2.45. The van der Waals surface area contributed by atoms with Crippen molar-refractivity contribution in [2.24, 2.45) is 0 Å². The first-order valence-corrected chi connectivity index (χ1v) is 5.28. The molecule has 0 saturated heterocycles. The van der Waals surface area contributed by atoms with Crippen LogP contribution in [0.4, 0.5) is 5.69 Å². The van der Waals surface area contributed by atoms with Crippen molar-refractivity contribution in [2.75, 3.05) is 12.8 Å². The summed E-state index contributed by atoms with van der Waals surface area (Å²) in [6.07, 6.45) is 3.44. The number of aromatic nitrogens is 2. The molecule has 2 aromatic rings. The third-order valence-corrected chi connectivity index (χ3v) is 2.45. The van der Waals surface area contributed by atoms with Crippen LogP contribution in [0, 0.1) is 0 Å². The van der Waals surface area contributed by atoms with Gasteiger partial charge in [-0.2, -0.15) is 0 Å². The number of nitrogens with two attached hydrogens (primary N) is 1. The fourth-order valence-electron chi connectivity index (χ4n) is 1.61. The highest BCUT2D eigenvalue weighted by atomic mass is 16.1. The van der Waals surface area contributed by atoms with E-state index in [9.17, 15) is 4.79 Å². The number of carbonyl (C=O) groups is 1. The van der Waals surface area contributed by atoms with E-state index in [2.05, 4.69) is 10.3 Å². The molecular formula is C12H14N4O. The molecule has 3 N–H and O–H groups in total. The number of nitrogens with zero attached hydrogens (tertiary/aromatic N) is 2. The minimum absolute atomic E-state index is 0.0619. The predicted molar refractivity (Wildman–Crippen MR) is 66.1 cm³/mol. The van der Waals surface area contributed by atoms with Gasteiger partial charge >= 0.3 is 0 Å². The van der Waals surface area contributed by atoms with E-state index in [1.807, 2.05) is 24.3 Å². The molecule has 0 atom stereocenters. The summed E-state index contributed by atoms with van der Waals surface area (Å²) in [6, 6.07) is 7.43. The van der Waals surface area contributed by atoms with Crippen molar-refractivity contribution in [3.05, 3.63) is 36.7 Å². The van der Waals surface area contributed by atoms with Crippen LogP contribution in [0.2, 0.25) is 0 Å². The number of anilines is 1. The Hall–Kier alpha value is -2.30. The van der Waals surface area contributed by atoms with E-state index in [4.69, 9.17) is 5.73 Å². The van der Waals surface area contributed by atoms with Crippen molar-refractivity contribution in [1.82, 2.24) is 14.9 Å². The molecule has 88 valence electrons. The number of imidazole rings is 1. The molecule has 0 fully saturated rings. The molecule has 0 saturated carbocycles. The quantitative estimate of drug-likeness (QED) is 0.769. The third kappa shape index (κ3) is 2.44. The van der Waals surface area contributed by atoms with Crippen LogP contribution in [0.1, 0.15) is 0 Å². The van der Waals surface area contributed by atoms with Gasteiger partial charge in [-0.3, -0.25) is 4.79 Å². The summed E-state index contributed by atoms with van der Waals surface area (Å²) in [7, 11) is 1.61. The van der Waals surface area contributed by atoms with Crippen LogP contribution in [-0.4, -0.2) is 22.5 Å². The number of hydrogen-bond donors (Lipinski definition) is 2. The summed E-state index contributed by atoms with van der Waals surface area (Å²) in [4.78, 5) is 15.6. The Kier molecular flexibility index (Phi) is 3.09. The Balaban J connectivity index is 2.33. The predicted octanol–water partition coefficient (Wildman–Crippen LogP) is 0.878. The van der Waals surface area contributed by atoms with Gasteiger partial charge in [0.05, 0.1) is 0 Å². The average molecular weight is 230 g/mol. The highest BCUT2D eigenvalue weighted by Gasteiger charge is 2.08. The van der Waals surface area contributed by atoms with Gasteiger partial charge < -0.3 is 15.6 Å². The minimum atomic E-state index is -0.0619. The summed E-state index contributed by atoms with van der Waals surface area (Å²) >= 11 is 0. The second kappa shape index (κ2) is 4.69. The highest BCUT2D eigenvalue weighted by molar-refractivity contribution is 5.76. The average Bonchev–Trinajstić information content (AvgIpc) is 2.77. The standard InChI is InChI=1S/C12H14N4O/c1-14-11(17)8-16-6-5-15-12(16)9-3-2-4-10(13)7-9/h2-7H,8,13H2,1H3,(H,14,17). The van der Waals surface area contributed by atoms with Crippen LogP contribution in [0.5, 0.6) is 0 Å². The summed E-state index contributed by atoms with van der Waals surface area (Å²) < 4.78 is 1.79. The van der Waals surface area contributed by atoms with E-state index in [-0.39, 0.29) is 12.5 Å². The molecule has 0 aliphatic rings. The Morgan fingerprint density at radius 1 is 1.53 bits per heavy atom.